The Balaban J connectivity index is 1.37. The zero-order valence-corrected chi connectivity index (χ0v) is 18.3. The van der Waals surface area contributed by atoms with Crippen LogP contribution in [0.2, 0.25) is 0 Å². The number of benzene rings is 2. The fourth-order valence-electron chi connectivity index (χ4n) is 4.68. The van der Waals surface area contributed by atoms with Crippen molar-refractivity contribution in [3.05, 3.63) is 59.7 Å². The molecular formula is C24H23F3N2O5. The number of carboxylic acids is 1. The number of amides is 2. The number of aliphatic carboxylic acids is 1. The van der Waals surface area contributed by atoms with Crippen molar-refractivity contribution < 1.29 is 37.4 Å². The van der Waals surface area contributed by atoms with Gasteiger partial charge in [0, 0.05) is 19.0 Å². The molecule has 10 heteroatoms. The van der Waals surface area contributed by atoms with Crippen molar-refractivity contribution in [3.8, 4) is 11.1 Å². The average molecular weight is 476 g/mol. The normalized spacial score (nSPS) is 20.4. The van der Waals surface area contributed by atoms with E-state index in [1.54, 1.807) is 0 Å². The molecule has 2 aromatic carbocycles. The summed E-state index contributed by atoms with van der Waals surface area (Å²) < 4.78 is 45.5. The molecule has 2 aromatic rings. The summed E-state index contributed by atoms with van der Waals surface area (Å²) in [6.45, 7) is -0.0401. The van der Waals surface area contributed by atoms with E-state index in [0.717, 1.165) is 27.2 Å². The zero-order valence-electron chi connectivity index (χ0n) is 18.3. The standard InChI is InChI=1S/C24H23F3N2O5/c1-14(20(30)29-11-10-23(13-29,21(31)32)24(25,26)27)28-22(33)34-12-19-17-8-4-2-6-15(17)16-7-3-5-9-18(16)19/h2-9,14,19H,10-13H2,1H3,(H,28,33)(H,31,32). The van der Waals surface area contributed by atoms with Gasteiger partial charge in [-0.15, -0.1) is 0 Å². The Bertz CT molecular complexity index is 1090. The molecule has 7 nitrogen and oxygen atoms in total. The van der Waals surface area contributed by atoms with Crippen LogP contribution in [0.15, 0.2) is 48.5 Å². The first-order chi connectivity index (χ1) is 16.0. The highest BCUT2D eigenvalue weighted by Gasteiger charge is 2.64. The molecule has 2 atom stereocenters. The van der Waals surface area contributed by atoms with Gasteiger partial charge in [-0.3, -0.25) is 9.59 Å². The van der Waals surface area contributed by atoms with Crippen LogP contribution in [0.25, 0.3) is 11.1 Å². The van der Waals surface area contributed by atoms with Gasteiger partial charge >= 0.3 is 18.2 Å². The quantitative estimate of drug-likeness (QED) is 0.685. The summed E-state index contributed by atoms with van der Waals surface area (Å²) in [5.41, 5.74) is 1.11. The second-order valence-corrected chi connectivity index (χ2v) is 8.59. The van der Waals surface area contributed by atoms with Crippen molar-refractivity contribution in [1.82, 2.24) is 10.2 Å². The van der Waals surface area contributed by atoms with E-state index < -0.39 is 48.6 Å². The van der Waals surface area contributed by atoms with Crippen molar-refractivity contribution in [1.29, 1.82) is 0 Å². The number of halogens is 3. The van der Waals surface area contributed by atoms with E-state index >= 15 is 0 Å². The molecule has 0 spiro atoms. The fourth-order valence-corrected chi connectivity index (χ4v) is 4.68. The molecule has 1 heterocycles. The Morgan fingerprint density at radius 2 is 1.68 bits per heavy atom. The lowest BCUT2D eigenvalue weighted by Crippen LogP contribution is -2.50. The monoisotopic (exact) mass is 476 g/mol. The summed E-state index contributed by atoms with van der Waals surface area (Å²) in [6.07, 6.45) is -6.63. The molecule has 180 valence electrons. The summed E-state index contributed by atoms with van der Waals surface area (Å²) in [5, 5.41) is 11.5. The van der Waals surface area contributed by atoms with Gasteiger partial charge in [0.1, 0.15) is 12.6 Å². The molecular weight excluding hydrogens is 453 g/mol. The largest absolute Gasteiger partial charge is 0.481 e. The summed E-state index contributed by atoms with van der Waals surface area (Å²) in [7, 11) is 0. The predicted molar refractivity (Wildman–Crippen MR) is 115 cm³/mol. The highest BCUT2D eigenvalue weighted by atomic mass is 19.4. The zero-order chi connectivity index (χ0) is 24.7. The molecule has 4 rings (SSSR count). The maximum atomic E-state index is 13.4. The highest BCUT2D eigenvalue weighted by molar-refractivity contribution is 5.87. The topological polar surface area (TPSA) is 95.9 Å². The molecule has 2 aliphatic rings. The molecule has 2 N–H and O–H groups in total. The minimum absolute atomic E-state index is 0.0146. The molecule has 34 heavy (non-hydrogen) atoms. The molecule has 1 aliphatic carbocycles. The second kappa shape index (κ2) is 8.66. The molecule has 0 bridgehead atoms. The van der Waals surface area contributed by atoms with Gasteiger partial charge in [-0.25, -0.2) is 4.79 Å². The lowest BCUT2D eigenvalue weighted by atomic mass is 9.86. The first kappa shape index (κ1) is 23.6. The third-order valence-electron chi connectivity index (χ3n) is 6.58. The Labute approximate surface area is 193 Å². The van der Waals surface area contributed by atoms with Gasteiger partial charge in [0.05, 0.1) is 0 Å². The third-order valence-corrected chi connectivity index (χ3v) is 6.58. The van der Waals surface area contributed by atoms with Gasteiger partial charge in [0.15, 0.2) is 5.41 Å². The van der Waals surface area contributed by atoms with E-state index in [2.05, 4.69) is 5.32 Å². The second-order valence-electron chi connectivity index (χ2n) is 8.59. The Hall–Kier alpha value is -3.56. The number of carbonyl (C=O) groups is 3. The fraction of sp³-hybridized carbons (Fsp3) is 0.375. The summed E-state index contributed by atoms with van der Waals surface area (Å²) in [5.74, 6) is -3.01. The van der Waals surface area contributed by atoms with Gasteiger partial charge < -0.3 is 20.1 Å². The van der Waals surface area contributed by atoms with Crippen LogP contribution in [0.5, 0.6) is 0 Å². The van der Waals surface area contributed by atoms with Gasteiger partial charge in [-0.1, -0.05) is 48.5 Å². The summed E-state index contributed by atoms with van der Waals surface area (Å²) in [6, 6.07) is 14.3. The predicted octanol–water partition coefficient (Wildman–Crippen LogP) is 3.78. The Morgan fingerprint density at radius 3 is 2.18 bits per heavy atom. The van der Waals surface area contributed by atoms with Crippen LogP contribution >= 0.6 is 0 Å². The number of likely N-dealkylation sites (tertiary alicyclic amines) is 1. The van der Waals surface area contributed by atoms with Gasteiger partial charge in [0.25, 0.3) is 0 Å². The van der Waals surface area contributed by atoms with Gasteiger partial charge in [0.2, 0.25) is 5.91 Å². The maximum absolute atomic E-state index is 13.4. The molecule has 0 radical (unpaired) electrons. The number of hydrogen-bond acceptors (Lipinski definition) is 4. The number of ether oxygens (including phenoxy) is 1. The molecule has 1 saturated heterocycles. The molecule has 2 amide bonds. The van der Waals surface area contributed by atoms with Gasteiger partial charge in [-0.05, 0) is 35.6 Å². The minimum Gasteiger partial charge on any atom is -0.481 e. The lowest BCUT2D eigenvalue weighted by molar-refractivity contribution is -0.227. The molecule has 0 saturated carbocycles. The molecule has 2 unspecified atom stereocenters. The van der Waals surface area contributed by atoms with Crippen LogP contribution in [0, 0.1) is 5.41 Å². The first-order valence-electron chi connectivity index (χ1n) is 10.8. The van der Waals surface area contributed by atoms with Crippen molar-refractivity contribution in [2.75, 3.05) is 19.7 Å². The number of alkyl halides is 3. The number of hydrogen-bond donors (Lipinski definition) is 2. The minimum atomic E-state index is -5.00. The summed E-state index contributed by atoms with van der Waals surface area (Å²) >= 11 is 0. The van der Waals surface area contributed by atoms with Crippen LogP contribution in [-0.4, -0.2) is 59.9 Å². The number of carboxylic acid groups (broad SMARTS) is 1. The lowest BCUT2D eigenvalue weighted by Gasteiger charge is -2.28. The molecule has 0 aromatic heterocycles. The van der Waals surface area contributed by atoms with Gasteiger partial charge in [-0.2, -0.15) is 13.2 Å². The SMILES string of the molecule is CC(NC(=O)OCC1c2ccccc2-c2ccccc21)C(=O)N1CCC(C(=O)O)(C(F)(F)F)C1. The molecule has 1 fully saturated rings. The maximum Gasteiger partial charge on any atom is 0.407 e. The van der Waals surface area contributed by atoms with Crippen molar-refractivity contribution >= 4 is 18.0 Å². The number of carbonyl (C=O) groups excluding carboxylic acids is 2. The third kappa shape index (κ3) is 3.97. The highest BCUT2D eigenvalue weighted by Crippen LogP contribution is 2.46. The number of nitrogens with zero attached hydrogens (tertiary/aromatic N) is 1. The van der Waals surface area contributed by atoms with Crippen LogP contribution in [-0.2, 0) is 14.3 Å². The van der Waals surface area contributed by atoms with E-state index in [1.165, 1.54) is 6.92 Å². The molecule has 1 aliphatic heterocycles. The van der Waals surface area contributed by atoms with E-state index in [4.69, 9.17) is 9.84 Å². The van der Waals surface area contributed by atoms with Crippen LogP contribution in [0.4, 0.5) is 18.0 Å². The Kier molecular flexibility index (Phi) is 6.01. The number of nitrogens with one attached hydrogen (secondary N) is 1. The number of fused-ring (bicyclic) bond motifs is 3. The Morgan fingerprint density at radius 1 is 1.12 bits per heavy atom. The smallest absolute Gasteiger partial charge is 0.407 e. The van der Waals surface area contributed by atoms with E-state index in [0.29, 0.717) is 0 Å². The summed E-state index contributed by atoms with van der Waals surface area (Å²) in [4.78, 5) is 37.1. The van der Waals surface area contributed by atoms with Crippen molar-refractivity contribution in [2.45, 2.75) is 31.5 Å². The first-order valence-corrected chi connectivity index (χ1v) is 10.8. The van der Waals surface area contributed by atoms with Crippen LogP contribution in [0.1, 0.15) is 30.4 Å². The van der Waals surface area contributed by atoms with Crippen molar-refractivity contribution in [3.63, 3.8) is 0 Å². The van der Waals surface area contributed by atoms with Crippen LogP contribution in [0.3, 0.4) is 0 Å². The number of alkyl carbamates (subject to hydrolysis) is 1. The van der Waals surface area contributed by atoms with Crippen molar-refractivity contribution in [2.24, 2.45) is 5.41 Å². The average Bonchev–Trinajstić information content (AvgIpc) is 3.38. The van der Waals surface area contributed by atoms with E-state index in [-0.39, 0.29) is 19.1 Å². The van der Waals surface area contributed by atoms with E-state index in [1.807, 2.05) is 48.5 Å². The van der Waals surface area contributed by atoms with E-state index in [9.17, 15) is 27.6 Å². The van der Waals surface area contributed by atoms with Crippen LogP contribution < -0.4 is 5.32 Å². The number of rotatable bonds is 5.